The maximum atomic E-state index is 11.9. The third kappa shape index (κ3) is 5.34. The van der Waals surface area contributed by atoms with Gasteiger partial charge in [-0.25, -0.2) is 13.1 Å². The molecule has 0 radical (unpaired) electrons. The van der Waals surface area contributed by atoms with Crippen LogP contribution in [-0.2, 0) is 10.0 Å². The van der Waals surface area contributed by atoms with E-state index in [9.17, 15) is 13.2 Å². The maximum Gasteiger partial charge on any atom is 0.240 e. The highest BCUT2D eigenvalue weighted by Crippen LogP contribution is 2.11. The lowest BCUT2D eigenvalue weighted by Crippen LogP contribution is -2.24. The van der Waals surface area contributed by atoms with Gasteiger partial charge in [0.1, 0.15) is 0 Å². The van der Waals surface area contributed by atoms with Crippen LogP contribution in [0.4, 0.5) is 0 Å². The van der Waals surface area contributed by atoms with Gasteiger partial charge in [0.05, 0.1) is 4.90 Å². The number of carbonyl (C=O) groups excluding carboxylic acids is 1. The van der Waals surface area contributed by atoms with Crippen LogP contribution in [0.5, 0.6) is 0 Å². The van der Waals surface area contributed by atoms with Gasteiger partial charge in [0.15, 0.2) is 5.78 Å². The summed E-state index contributed by atoms with van der Waals surface area (Å²) >= 11 is 1.75. The number of carbonyl (C=O) groups is 1. The van der Waals surface area contributed by atoms with Crippen molar-refractivity contribution >= 4 is 27.6 Å². The first kappa shape index (κ1) is 16.2. The number of hydrogen-bond acceptors (Lipinski definition) is 4. The third-order valence-electron chi connectivity index (χ3n) is 2.64. The summed E-state index contributed by atoms with van der Waals surface area (Å²) in [5.74, 6) is 0.962. The molecule has 0 amide bonds. The summed E-state index contributed by atoms with van der Waals surface area (Å²) in [6, 6.07) is 5.98. The van der Waals surface area contributed by atoms with E-state index in [1.807, 2.05) is 6.26 Å². The second-order valence-electron chi connectivity index (χ2n) is 4.18. The standard InChI is InChI=1S/C13H19NO3S2/c1-11(15)12-5-7-13(8-6-12)19(16,17)14-9-3-4-10-18-2/h5-8,14H,3-4,9-10H2,1-2H3. The van der Waals surface area contributed by atoms with Gasteiger partial charge >= 0.3 is 0 Å². The van der Waals surface area contributed by atoms with Crippen molar-refractivity contribution in [2.75, 3.05) is 18.6 Å². The first-order valence-corrected chi connectivity index (χ1v) is 8.94. The highest BCUT2D eigenvalue weighted by atomic mass is 32.2. The van der Waals surface area contributed by atoms with Gasteiger partial charge in [0, 0.05) is 12.1 Å². The van der Waals surface area contributed by atoms with Crippen LogP contribution in [0, 0.1) is 0 Å². The molecule has 0 spiro atoms. The SMILES string of the molecule is CSCCCCNS(=O)(=O)c1ccc(C(C)=O)cc1. The van der Waals surface area contributed by atoms with Gasteiger partial charge in [-0.15, -0.1) is 0 Å². The minimum absolute atomic E-state index is 0.0750. The summed E-state index contributed by atoms with van der Waals surface area (Å²) < 4.78 is 26.5. The van der Waals surface area contributed by atoms with Crippen molar-refractivity contribution in [3.8, 4) is 0 Å². The molecule has 0 bridgehead atoms. The average molecular weight is 301 g/mol. The number of nitrogens with one attached hydrogen (secondary N) is 1. The quantitative estimate of drug-likeness (QED) is 0.591. The summed E-state index contributed by atoms with van der Waals surface area (Å²) in [5.41, 5.74) is 0.513. The van der Waals surface area contributed by atoms with E-state index >= 15 is 0 Å². The molecule has 4 nitrogen and oxygen atoms in total. The predicted molar refractivity (Wildman–Crippen MR) is 79.3 cm³/mol. The molecule has 0 aromatic heterocycles. The first-order chi connectivity index (χ1) is 8.97. The molecule has 0 aliphatic carbocycles. The number of unbranched alkanes of at least 4 members (excludes halogenated alkanes) is 1. The van der Waals surface area contributed by atoms with Crippen LogP contribution in [0.25, 0.3) is 0 Å². The summed E-state index contributed by atoms with van der Waals surface area (Å²) in [5, 5.41) is 0. The lowest BCUT2D eigenvalue weighted by atomic mass is 10.2. The van der Waals surface area contributed by atoms with Gasteiger partial charge in [0.25, 0.3) is 0 Å². The monoisotopic (exact) mass is 301 g/mol. The molecule has 1 N–H and O–H groups in total. The van der Waals surface area contributed by atoms with E-state index in [-0.39, 0.29) is 10.7 Å². The Hall–Kier alpha value is -0.850. The van der Waals surface area contributed by atoms with E-state index in [4.69, 9.17) is 0 Å². The Labute approximate surface area is 119 Å². The van der Waals surface area contributed by atoms with Crippen LogP contribution in [0.1, 0.15) is 30.1 Å². The zero-order chi connectivity index (χ0) is 14.3. The fourth-order valence-electron chi connectivity index (χ4n) is 1.53. The van der Waals surface area contributed by atoms with Gasteiger partial charge in [-0.2, -0.15) is 11.8 Å². The number of ketones is 1. The zero-order valence-electron chi connectivity index (χ0n) is 11.2. The Morgan fingerprint density at radius 3 is 2.37 bits per heavy atom. The van der Waals surface area contributed by atoms with Crippen molar-refractivity contribution in [3.63, 3.8) is 0 Å². The van der Waals surface area contributed by atoms with Crippen LogP contribution in [0.15, 0.2) is 29.2 Å². The number of hydrogen-bond donors (Lipinski definition) is 1. The fourth-order valence-corrected chi connectivity index (χ4v) is 3.10. The van der Waals surface area contributed by atoms with E-state index < -0.39 is 10.0 Å². The van der Waals surface area contributed by atoms with Gasteiger partial charge in [0.2, 0.25) is 10.0 Å². The fraction of sp³-hybridized carbons (Fsp3) is 0.462. The minimum atomic E-state index is -3.46. The maximum absolute atomic E-state index is 11.9. The van der Waals surface area contributed by atoms with Gasteiger partial charge < -0.3 is 0 Å². The van der Waals surface area contributed by atoms with Crippen molar-refractivity contribution in [1.29, 1.82) is 0 Å². The normalized spacial score (nSPS) is 11.5. The molecule has 0 saturated heterocycles. The van der Waals surface area contributed by atoms with Gasteiger partial charge in [-0.3, -0.25) is 4.79 Å². The van der Waals surface area contributed by atoms with E-state index in [2.05, 4.69) is 4.72 Å². The zero-order valence-corrected chi connectivity index (χ0v) is 12.8. The van der Waals surface area contributed by atoms with Gasteiger partial charge in [-0.1, -0.05) is 12.1 Å². The minimum Gasteiger partial charge on any atom is -0.295 e. The molecule has 0 unspecified atom stereocenters. The lowest BCUT2D eigenvalue weighted by molar-refractivity contribution is 0.101. The third-order valence-corrected chi connectivity index (χ3v) is 4.81. The largest absolute Gasteiger partial charge is 0.295 e. The second kappa shape index (κ2) is 7.67. The van der Waals surface area contributed by atoms with E-state index in [0.29, 0.717) is 12.1 Å². The van der Waals surface area contributed by atoms with E-state index in [0.717, 1.165) is 18.6 Å². The molecular formula is C13H19NO3S2. The predicted octanol–water partition coefficient (Wildman–Crippen LogP) is 2.31. The topological polar surface area (TPSA) is 63.2 Å². The van der Waals surface area contributed by atoms with Crippen LogP contribution in [0.2, 0.25) is 0 Å². The number of rotatable bonds is 8. The molecule has 0 heterocycles. The molecule has 0 atom stereocenters. The van der Waals surface area contributed by atoms with Crippen LogP contribution >= 0.6 is 11.8 Å². The Balaban J connectivity index is 2.59. The summed E-state index contributed by atoms with van der Waals surface area (Å²) in [6.45, 7) is 1.89. The summed E-state index contributed by atoms with van der Waals surface area (Å²) in [7, 11) is -3.46. The number of Topliss-reactive ketones (excluding diaryl/α,β-unsaturated/α-hetero) is 1. The Morgan fingerprint density at radius 1 is 1.21 bits per heavy atom. The Bertz CT molecular complexity index is 509. The summed E-state index contributed by atoms with van der Waals surface area (Å²) in [6.07, 6.45) is 3.85. The Morgan fingerprint density at radius 2 is 1.84 bits per heavy atom. The van der Waals surface area contributed by atoms with E-state index in [1.54, 1.807) is 11.8 Å². The van der Waals surface area contributed by atoms with Crippen molar-refractivity contribution in [1.82, 2.24) is 4.72 Å². The Kier molecular flexibility index (Phi) is 6.54. The van der Waals surface area contributed by atoms with Crippen LogP contribution in [0.3, 0.4) is 0 Å². The lowest BCUT2D eigenvalue weighted by Gasteiger charge is -2.07. The number of thioether (sulfide) groups is 1. The highest BCUT2D eigenvalue weighted by molar-refractivity contribution is 7.98. The molecule has 1 rings (SSSR count). The van der Waals surface area contributed by atoms with Crippen LogP contribution < -0.4 is 4.72 Å². The van der Waals surface area contributed by atoms with Crippen molar-refractivity contribution in [3.05, 3.63) is 29.8 Å². The molecule has 6 heteroatoms. The molecule has 0 fully saturated rings. The first-order valence-electron chi connectivity index (χ1n) is 6.07. The molecule has 0 saturated carbocycles. The molecular weight excluding hydrogens is 282 g/mol. The number of sulfonamides is 1. The van der Waals surface area contributed by atoms with E-state index in [1.165, 1.54) is 31.2 Å². The molecule has 0 aliphatic rings. The average Bonchev–Trinajstić information content (AvgIpc) is 2.38. The summed E-state index contributed by atoms with van der Waals surface area (Å²) in [4.78, 5) is 11.3. The van der Waals surface area contributed by atoms with Crippen LogP contribution in [-0.4, -0.2) is 32.8 Å². The van der Waals surface area contributed by atoms with Gasteiger partial charge in [-0.05, 0) is 43.9 Å². The highest BCUT2D eigenvalue weighted by Gasteiger charge is 2.13. The molecule has 19 heavy (non-hydrogen) atoms. The molecule has 106 valence electrons. The van der Waals surface area contributed by atoms with Crippen molar-refractivity contribution < 1.29 is 13.2 Å². The van der Waals surface area contributed by atoms with Crippen molar-refractivity contribution in [2.24, 2.45) is 0 Å². The molecule has 1 aromatic carbocycles. The second-order valence-corrected chi connectivity index (χ2v) is 6.93. The molecule has 0 aliphatic heterocycles. The molecule has 1 aromatic rings. The number of benzene rings is 1. The smallest absolute Gasteiger partial charge is 0.240 e. The van der Waals surface area contributed by atoms with Crippen molar-refractivity contribution in [2.45, 2.75) is 24.7 Å².